The number of thiazole rings is 1. The average molecular weight is 842 g/mol. The zero-order valence-electron chi connectivity index (χ0n) is 24.7. The first-order chi connectivity index (χ1) is 21.8. The van der Waals surface area contributed by atoms with Crippen molar-refractivity contribution in [1.82, 2.24) is 4.57 Å². The monoisotopic (exact) mass is 842 g/mol. The number of carbonyl (C=O) groups is 1. The number of fused-ring (bicyclic) bond motifs is 2. The minimum Gasteiger partial charge on any atom is -0.496 e. The van der Waals surface area contributed by atoms with Crippen molar-refractivity contribution in [3.8, 4) is 11.5 Å². The highest BCUT2D eigenvalue weighted by molar-refractivity contribution is 14.1. The summed E-state index contributed by atoms with van der Waals surface area (Å²) in [4.78, 5) is 32.9. The number of allylic oxidation sites excluding steroid dienone is 1. The number of nitrogens with zero attached hydrogens (tertiary/aromatic N) is 2. The van der Waals surface area contributed by atoms with Gasteiger partial charge in [-0.2, -0.15) is 0 Å². The summed E-state index contributed by atoms with van der Waals surface area (Å²) >= 11 is 5.86. The summed E-state index contributed by atoms with van der Waals surface area (Å²) in [6, 6.07) is 24.9. The van der Waals surface area contributed by atoms with E-state index < -0.39 is 12.0 Å². The fraction of sp³-hybridized carbons (Fsp3) is 0.171. The summed E-state index contributed by atoms with van der Waals surface area (Å²) < 4.78 is 21.7. The van der Waals surface area contributed by atoms with Crippen molar-refractivity contribution >= 4 is 79.3 Å². The van der Waals surface area contributed by atoms with E-state index >= 15 is 0 Å². The number of hydrogen-bond acceptors (Lipinski definition) is 7. The van der Waals surface area contributed by atoms with Gasteiger partial charge in [-0.3, -0.25) is 9.36 Å². The van der Waals surface area contributed by atoms with E-state index in [1.54, 1.807) is 25.5 Å². The van der Waals surface area contributed by atoms with Crippen molar-refractivity contribution in [3.05, 3.63) is 134 Å². The van der Waals surface area contributed by atoms with Crippen LogP contribution < -0.4 is 24.4 Å². The molecular weight excluding hydrogens is 814 g/mol. The molecule has 0 saturated heterocycles. The van der Waals surface area contributed by atoms with Crippen LogP contribution >= 0.6 is 56.5 Å². The Morgan fingerprint density at radius 1 is 1.02 bits per heavy atom. The molecule has 0 unspecified atom stereocenters. The van der Waals surface area contributed by atoms with E-state index in [2.05, 4.69) is 51.2 Å². The van der Waals surface area contributed by atoms with Crippen LogP contribution in [0.15, 0.2) is 99.9 Å². The fourth-order valence-corrected chi connectivity index (χ4v) is 8.22. The van der Waals surface area contributed by atoms with E-state index in [9.17, 15) is 9.59 Å². The van der Waals surface area contributed by atoms with Gasteiger partial charge in [-0.15, -0.1) is 0 Å². The van der Waals surface area contributed by atoms with Crippen LogP contribution in [0.1, 0.15) is 36.6 Å². The Morgan fingerprint density at radius 2 is 1.78 bits per heavy atom. The fourth-order valence-electron chi connectivity index (χ4n) is 5.42. The molecule has 45 heavy (non-hydrogen) atoms. The SMILES string of the molecule is CCOC(=O)C1=C(C)N=c2s/c(=C\c3ccc(COc4ccc(I)cc4I)cc3)c(=O)n2[C@@H]1c1c(OC)ccc2ccccc12. The van der Waals surface area contributed by atoms with E-state index in [1.165, 1.54) is 11.3 Å². The molecule has 1 aliphatic rings. The van der Waals surface area contributed by atoms with Crippen molar-refractivity contribution in [3.63, 3.8) is 0 Å². The first-order valence-electron chi connectivity index (χ1n) is 14.2. The number of esters is 1. The molecule has 0 bridgehead atoms. The summed E-state index contributed by atoms with van der Waals surface area (Å²) in [6.45, 7) is 4.18. The van der Waals surface area contributed by atoms with Gasteiger partial charge in [0.05, 0.1) is 33.1 Å². The largest absolute Gasteiger partial charge is 0.496 e. The molecule has 2 heterocycles. The van der Waals surface area contributed by atoms with Crippen LogP contribution in [0.25, 0.3) is 16.8 Å². The molecule has 0 fully saturated rings. The molecule has 5 aromatic rings. The van der Waals surface area contributed by atoms with E-state index in [1.807, 2.05) is 78.9 Å². The molecule has 0 saturated carbocycles. The average Bonchev–Trinajstić information content (AvgIpc) is 3.33. The minimum absolute atomic E-state index is 0.199. The first-order valence-corrected chi connectivity index (χ1v) is 17.2. The highest BCUT2D eigenvalue weighted by Gasteiger charge is 2.36. The smallest absolute Gasteiger partial charge is 0.338 e. The molecule has 10 heteroatoms. The zero-order chi connectivity index (χ0) is 31.7. The third-order valence-electron chi connectivity index (χ3n) is 7.51. The molecule has 0 aliphatic carbocycles. The Morgan fingerprint density at radius 3 is 2.51 bits per heavy atom. The highest BCUT2D eigenvalue weighted by Crippen LogP contribution is 2.40. The molecule has 0 spiro atoms. The molecule has 1 atom stereocenters. The van der Waals surface area contributed by atoms with Crippen molar-refractivity contribution in [1.29, 1.82) is 0 Å². The van der Waals surface area contributed by atoms with E-state index in [0.717, 1.165) is 34.8 Å². The summed E-state index contributed by atoms with van der Waals surface area (Å²) in [5.41, 5.74) is 3.18. The lowest BCUT2D eigenvalue weighted by Crippen LogP contribution is -2.40. The normalized spacial score (nSPS) is 14.7. The summed E-state index contributed by atoms with van der Waals surface area (Å²) in [5, 5.41) is 1.85. The van der Waals surface area contributed by atoms with Gasteiger partial charge in [0.25, 0.3) is 5.56 Å². The molecule has 7 nitrogen and oxygen atoms in total. The molecule has 1 aliphatic heterocycles. The summed E-state index contributed by atoms with van der Waals surface area (Å²) in [5.74, 6) is 0.907. The topological polar surface area (TPSA) is 79.1 Å². The molecule has 228 valence electrons. The van der Waals surface area contributed by atoms with E-state index in [-0.39, 0.29) is 12.2 Å². The zero-order valence-corrected chi connectivity index (χ0v) is 29.8. The number of carbonyl (C=O) groups excluding carboxylic acids is 1. The van der Waals surface area contributed by atoms with Gasteiger partial charge in [0.1, 0.15) is 24.1 Å². The predicted octanol–water partition coefficient (Wildman–Crippen LogP) is 6.75. The van der Waals surface area contributed by atoms with Gasteiger partial charge in [-0.05, 0) is 111 Å². The lowest BCUT2D eigenvalue weighted by molar-refractivity contribution is -0.139. The minimum atomic E-state index is -0.785. The number of rotatable bonds is 8. The van der Waals surface area contributed by atoms with Crippen LogP contribution in [-0.4, -0.2) is 24.3 Å². The highest BCUT2D eigenvalue weighted by atomic mass is 127. The van der Waals surface area contributed by atoms with Crippen molar-refractivity contribution in [2.45, 2.75) is 26.5 Å². The summed E-state index contributed by atoms with van der Waals surface area (Å²) in [7, 11) is 1.59. The van der Waals surface area contributed by atoms with Crippen molar-refractivity contribution in [2.24, 2.45) is 4.99 Å². The van der Waals surface area contributed by atoms with Crippen LogP contribution in [-0.2, 0) is 16.1 Å². The maximum Gasteiger partial charge on any atom is 0.338 e. The van der Waals surface area contributed by atoms with Gasteiger partial charge in [0.2, 0.25) is 0 Å². The Labute approximate surface area is 291 Å². The lowest BCUT2D eigenvalue weighted by Gasteiger charge is -2.27. The van der Waals surface area contributed by atoms with Gasteiger partial charge < -0.3 is 14.2 Å². The first kappa shape index (κ1) is 31.5. The number of halogens is 2. The molecule has 6 rings (SSSR count). The van der Waals surface area contributed by atoms with E-state index in [0.29, 0.717) is 38.5 Å². The second-order valence-electron chi connectivity index (χ2n) is 10.3. The number of aromatic nitrogens is 1. The molecular formula is C35H28I2N2O5S. The molecule has 0 N–H and O–H groups in total. The molecule has 0 radical (unpaired) electrons. The Bertz CT molecular complexity index is 2150. The van der Waals surface area contributed by atoms with Crippen LogP contribution in [0.4, 0.5) is 0 Å². The van der Waals surface area contributed by atoms with Gasteiger partial charge in [-0.1, -0.05) is 65.9 Å². The van der Waals surface area contributed by atoms with Gasteiger partial charge in [-0.25, -0.2) is 9.79 Å². The maximum absolute atomic E-state index is 14.2. The van der Waals surface area contributed by atoms with Crippen molar-refractivity contribution in [2.75, 3.05) is 13.7 Å². The summed E-state index contributed by atoms with van der Waals surface area (Å²) in [6.07, 6.45) is 1.86. The van der Waals surface area contributed by atoms with Gasteiger partial charge in [0, 0.05) is 9.13 Å². The lowest BCUT2D eigenvalue weighted by atomic mass is 9.90. The third kappa shape index (κ3) is 6.32. The van der Waals surface area contributed by atoms with Crippen LogP contribution in [0.3, 0.4) is 0 Å². The number of methoxy groups -OCH3 is 1. The second kappa shape index (κ2) is 13.5. The predicted molar refractivity (Wildman–Crippen MR) is 194 cm³/mol. The maximum atomic E-state index is 14.2. The molecule has 4 aromatic carbocycles. The standard InChI is InChI=1S/C35H28I2N2O5S/c1-4-43-34(41)30-20(2)38-35-39(32(30)31-25-8-6-5-7-23(25)13-15-28(31)42-3)33(40)29(45-35)17-21-9-11-22(12-10-21)19-44-27-16-14-24(36)18-26(27)37/h5-18,32H,4,19H2,1-3H3/b29-17-/t32-/m0/s1. The van der Waals surface area contributed by atoms with Gasteiger partial charge in [0.15, 0.2) is 4.80 Å². The van der Waals surface area contributed by atoms with Crippen LogP contribution in [0.2, 0.25) is 0 Å². The number of benzene rings is 4. The Kier molecular flexibility index (Phi) is 9.43. The van der Waals surface area contributed by atoms with Crippen molar-refractivity contribution < 1.29 is 19.0 Å². The van der Waals surface area contributed by atoms with Crippen LogP contribution in [0, 0.1) is 7.14 Å². The number of ether oxygens (including phenoxy) is 3. The second-order valence-corrected chi connectivity index (χ2v) is 13.7. The quantitative estimate of drug-likeness (QED) is 0.128. The molecule has 0 amide bonds. The Hall–Kier alpha value is -3.49. The van der Waals surface area contributed by atoms with Crippen LogP contribution in [0.5, 0.6) is 11.5 Å². The number of hydrogen-bond donors (Lipinski definition) is 0. The van der Waals surface area contributed by atoms with Gasteiger partial charge >= 0.3 is 5.97 Å². The Balaban J connectivity index is 1.42. The van der Waals surface area contributed by atoms with E-state index in [4.69, 9.17) is 19.2 Å². The third-order valence-corrected chi connectivity index (χ3v) is 10.0. The molecule has 1 aromatic heterocycles.